The zero-order chi connectivity index (χ0) is 14.5. The summed E-state index contributed by atoms with van der Waals surface area (Å²) in [5.41, 5.74) is 4.62. The van der Waals surface area contributed by atoms with Crippen molar-refractivity contribution in [2.24, 2.45) is 0 Å². The Morgan fingerprint density at radius 3 is 1.45 bits per heavy atom. The van der Waals surface area contributed by atoms with Crippen molar-refractivity contribution >= 4 is 0 Å². The van der Waals surface area contributed by atoms with Crippen LogP contribution in [-0.4, -0.2) is 13.2 Å². The number of ether oxygens (including phenoxy) is 2. The van der Waals surface area contributed by atoms with E-state index in [4.69, 9.17) is 9.47 Å². The maximum Gasteiger partial charge on any atom is 0.127 e. The second-order valence-electron chi connectivity index (χ2n) is 4.87. The third kappa shape index (κ3) is 3.13. The van der Waals surface area contributed by atoms with Crippen molar-refractivity contribution < 1.29 is 9.47 Å². The van der Waals surface area contributed by atoms with Crippen molar-refractivity contribution in [2.75, 3.05) is 13.2 Å². The van der Waals surface area contributed by atoms with Gasteiger partial charge in [-0.2, -0.15) is 0 Å². The smallest absolute Gasteiger partial charge is 0.127 e. The lowest BCUT2D eigenvalue weighted by Gasteiger charge is -2.15. The van der Waals surface area contributed by atoms with Crippen molar-refractivity contribution in [3.8, 4) is 22.6 Å². The van der Waals surface area contributed by atoms with E-state index >= 15 is 0 Å². The molecule has 0 aliphatic rings. The van der Waals surface area contributed by atoms with E-state index in [1.807, 2.05) is 26.0 Å². The first kappa shape index (κ1) is 14.4. The lowest BCUT2D eigenvalue weighted by atomic mass is 9.99. The molecule has 2 heteroatoms. The highest BCUT2D eigenvalue weighted by Crippen LogP contribution is 2.37. The van der Waals surface area contributed by atoms with Gasteiger partial charge in [-0.25, -0.2) is 0 Å². The highest BCUT2D eigenvalue weighted by atomic mass is 16.5. The lowest BCUT2D eigenvalue weighted by molar-refractivity contribution is 0.336. The van der Waals surface area contributed by atoms with Gasteiger partial charge in [-0.3, -0.25) is 0 Å². The van der Waals surface area contributed by atoms with E-state index in [2.05, 4.69) is 38.1 Å². The Balaban J connectivity index is 2.59. The molecular formula is C18H22O2. The summed E-state index contributed by atoms with van der Waals surface area (Å²) in [6, 6.07) is 12.5. The predicted octanol–water partition coefficient (Wildman–Crippen LogP) is 4.77. The van der Waals surface area contributed by atoms with Crippen LogP contribution in [0.3, 0.4) is 0 Å². The van der Waals surface area contributed by atoms with Crippen LogP contribution in [0.4, 0.5) is 0 Å². The average molecular weight is 270 g/mol. The number of benzene rings is 2. The van der Waals surface area contributed by atoms with Gasteiger partial charge in [0.15, 0.2) is 0 Å². The Morgan fingerprint density at radius 2 is 1.10 bits per heavy atom. The predicted molar refractivity (Wildman–Crippen MR) is 83.7 cm³/mol. The normalized spacial score (nSPS) is 10.4. The Labute approximate surface area is 121 Å². The molecular weight excluding hydrogens is 248 g/mol. The molecule has 2 rings (SSSR count). The first-order chi connectivity index (χ1) is 9.65. The van der Waals surface area contributed by atoms with Crippen LogP contribution in [-0.2, 0) is 0 Å². The molecule has 0 N–H and O–H groups in total. The van der Waals surface area contributed by atoms with Crippen LogP contribution >= 0.6 is 0 Å². The number of rotatable bonds is 5. The molecule has 0 fully saturated rings. The largest absolute Gasteiger partial charge is 0.493 e. The summed E-state index contributed by atoms with van der Waals surface area (Å²) in [6.45, 7) is 9.51. The van der Waals surface area contributed by atoms with Gasteiger partial charge < -0.3 is 9.47 Å². The summed E-state index contributed by atoms with van der Waals surface area (Å²) in [5, 5.41) is 0. The SMILES string of the molecule is CCOc1ccc(C)cc1-c1cc(C)ccc1OCC. The van der Waals surface area contributed by atoms with Gasteiger partial charge in [0.25, 0.3) is 0 Å². The third-order valence-electron chi connectivity index (χ3n) is 3.16. The highest BCUT2D eigenvalue weighted by Gasteiger charge is 2.12. The van der Waals surface area contributed by atoms with E-state index in [1.54, 1.807) is 0 Å². The van der Waals surface area contributed by atoms with Crippen LogP contribution in [0.25, 0.3) is 11.1 Å². The van der Waals surface area contributed by atoms with Crippen LogP contribution in [0.15, 0.2) is 36.4 Å². The molecule has 0 unspecified atom stereocenters. The molecule has 2 nitrogen and oxygen atoms in total. The molecule has 106 valence electrons. The summed E-state index contributed by atoms with van der Waals surface area (Å²) < 4.78 is 11.5. The Bertz CT molecular complexity index is 534. The Kier molecular flexibility index (Phi) is 4.67. The molecule has 0 atom stereocenters. The summed E-state index contributed by atoms with van der Waals surface area (Å²) in [5.74, 6) is 1.81. The minimum Gasteiger partial charge on any atom is -0.493 e. The highest BCUT2D eigenvalue weighted by molar-refractivity contribution is 5.77. The molecule has 2 aromatic rings. The Hall–Kier alpha value is -1.96. The molecule has 0 aliphatic carbocycles. The van der Waals surface area contributed by atoms with Gasteiger partial charge in [0, 0.05) is 11.1 Å². The van der Waals surface area contributed by atoms with Crippen molar-refractivity contribution in [3.05, 3.63) is 47.5 Å². The summed E-state index contributed by atoms with van der Waals surface area (Å²) in [6.07, 6.45) is 0. The zero-order valence-electron chi connectivity index (χ0n) is 12.7. The van der Waals surface area contributed by atoms with Crippen LogP contribution in [0.5, 0.6) is 11.5 Å². The van der Waals surface area contributed by atoms with Crippen molar-refractivity contribution in [3.63, 3.8) is 0 Å². The fourth-order valence-corrected chi connectivity index (χ4v) is 2.27. The summed E-state index contributed by atoms with van der Waals surface area (Å²) in [4.78, 5) is 0. The molecule has 0 aromatic heterocycles. The van der Waals surface area contributed by atoms with Gasteiger partial charge in [-0.15, -0.1) is 0 Å². The standard InChI is InChI=1S/C18H22O2/c1-5-19-17-9-7-13(3)11-15(17)16-12-14(4)8-10-18(16)20-6-2/h7-12H,5-6H2,1-4H3. The molecule has 0 amide bonds. The first-order valence-corrected chi connectivity index (χ1v) is 7.13. The fourth-order valence-electron chi connectivity index (χ4n) is 2.27. The van der Waals surface area contributed by atoms with E-state index < -0.39 is 0 Å². The first-order valence-electron chi connectivity index (χ1n) is 7.13. The van der Waals surface area contributed by atoms with Crippen LogP contribution in [0.1, 0.15) is 25.0 Å². The lowest BCUT2D eigenvalue weighted by Crippen LogP contribution is -1.98. The zero-order valence-corrected chi connectivity index (χ0v) is 12.7. The van der Waals surface area contributed by atoms with E-state index in [0.29, 0.717) is 13.2 Å². The van der Waals surface area contributed by atoms with Gasteiger partial charge in [0.1, 0.15) is 11.5 Å². The molecule has 20 heavy (non-hydrogen) atoms. The van der Waals surface area contributed by atoms with Gasteiger partial charge in [-0.05, 0) is 52.0 Å². The minimum absolute atomic E-state index is 0.659. The molecule has 0 saturated heterocycles. The van der Waals surface area contributed by atoms with Gasteiger partial charge >= 0.3 is 0 Å². The summed E-state index contributed by atoms with van der Waals surface area (Å²) in [7, 11) is 0. The van der Waals surface area contributed by atoms with Gasteiger partial charge in [0.2, 0.25) is 0 Å². The van der Waals surface area contributed by atoms with Crippen LogP contribution < -0.4 is 9.47 Å². The molecule has 0 radical (unpaired) electrons. The number of hydrogen-bond acceptors (Lipinski definition) is 2. The number of aryl methyl sites for hydroxylation is 2. The molecule has 0 heterocycles. The number of hydrogen-bond donors (Lipinski definition) is 0. The minimum atomic E-state index is 0.659. The van der Waals surface area contributed by atoms with E-state index in [-0.39, 0.29) is 0 Å². The average Bonchev–Trinajstić information content (AvgIpc) is 2.43. The molecule has 0 aliphatic heterocycles. The van der Waals surface area contributed by atoms with Crippen molar-refractivity contribution in [1.82, 2.24) is 0 Å². The van der Waals surface area contributed by atoms with Crippen LogP contribution in [0.2, 0.25) is 0 Å². The van der Waals surface area contributed by atoms with Crippen molar-refractivity contribution in [1.29, 1.82) is 0 Å². The van der Waals surface area contributed by atoms with Gasteiger partial charge in [-0.1, -0.05) is 23.3 Å². The third-order valence-corrected chi connectivity index (χ3v) is 3.16. The quantitative estimate of drug-likeness (QED) is 0.779. The monoisotopic (exact) mass is 270 g/mol. The van der Waals surface area contributed by atoms with E-state index in [1.165, 1.54) is 11.1 Å². The summed E-state index contributed by atoms with van der Waals surface area (Å²) >= 11 is 0. The fraction of sp³-hybridized carbons (Fsp3) is 0.333. The molecule has 2 aromatic carbocycles. The van der Waals surface area contributed by atoms with Gasteiger partial charge in [0.05, 0.1) is 13.2 Å². The topological polar surface area (TPSA) is 18.5 Å². The van der Waals surface area contributed by atoms with E-state index in [0.717, 1.165) is 22.6 Å². The second kappa shape index (κ2) is 6.47. The molecule has 0 saturated carbocycles. The Morgan fingerprint density at radius 1 is 0.700 bits per heavy atom. The van der Waals surface area contributed by atoms with Crippen molar-refractivity contribution in [2.45, 2.75) is 27.7 Å². The molecule has 0 bridgehead atoms. The maximum absolute atomic E-state index is 5.76. The maximum atomic E-state index is 5.76. The second-order valence-corrected chi connectivity index (χ2v) is 4.87. The molecule has 0 spiro atoms. The van der Waals surface area contributed by atoms with Crippen LogP contribution in [0, 0.1) is 13.8 Å². The van der Waals surface area contributed by atoms with E-state index in [9.17, 15) is 0 Å².